The highest BCUT2D eigenvalue weighted by atomic mass is 19.3. The summed E-state index contributed by atoms with van der Waals surface area (Å²) in [7, 11) is 0. The Bertz CT molecular complexity index is 876. The van der Waals surface area contributed by atoms with E-state index in [1.54, 1.807) is 36.6 Å². The molecule has 0 spiro atoms. The average Bonchev–Trinajstić information content (AvgIpc) is 3.20. The van der Waals surface area contributed by atoms with E-state index in [4.69, 9.17) is 4.42 Å². The van der Waals surface area contributed by atoms with Gasteiger partial charge < -0.3 is 14.5 Å². The van der Waals surface area contributed by atoms with Crippen molar-refractivity contribution in [2.45, 2.75) is 12.7 Å². The minimum Gasteiger partial charge on any atom is -0.467 e. The van der Waals surface area contributed by atoms with Gasteiger partial charge in [-0.25, -0.2) is 0 Å². The molecular formula is C21H17F2NO3. The molecule has 1 heterocycles. The van der Waals surface area contributed by atoms with E-state index in [1.807, 2.05) is 30.3 Å². The van der Waals surface area contributed by atoms with Gasteiger partial charge in [0.2, 0.25) is 5.91 Å². The standard InChI is InChI=1S/C21H17F2NO3/c22-21(23)27-17-11-8-15(9-12-17)10-13-19(25)24-20(18-7-4-14-26-18)16-5-2-1-3-6-16/h1-14,20-21H,(H,24,25)/b13-10+/t20-/m1/s1. The van der Waals surface area contributed by atoms with Gasteiger partial charge in [0, 0.05) is 6.08 Å². The summed E-state index contributed by atoms with van der Waals surface area (Å²) in [6, 6.07) is 18.6. The van der Waals surface area contributed by atoms with E-state index in [0.717, 1.165) is 5.56 Å². The van der Waals surface area contributed by atoms with Crippen LogP contribution in [0.3, 0.4) is 0 Å². The number of alkyl halides is 2. The van der Waals surface area contributed by atoms with Crippen molar-refractivity contribution in [3.05, 3.63) is 96.0 Å². The fourth-order valence-electron chi connectivity index (χ4n) is 2.54. The molecule has 0 bridgehead atoms. The molecule has 6 heteroatoms. The van der Waals surface area contributed by atoms with Crippen LogP contribution in [0.15, 0.2) is 83.5 Å². The summed E-state index contributed by atoms with van der Waals surface area (Å²) in [6.07, 6.45) is 4.52. The number of amides is 1. The van der Waals surface area contributed by atoms with Crippen LogP contribution in [0.2, 0.25) is 0 Å². The first-order valence-electron chi connectivity index (χ1n) is 8.23. The molecule has 4 nitrogen and oxygen atoms in total. The molecule has 138 valence electrons. The summed E-state index contributed by atoms with van der Waals surface area (Å²) >= 11 is 0. The number of hydrogen-bond acceptors (Lipinski definition) is 3. The van der Waals surface area contributed by atoms with Crippen LogP contribution in [0.25, 0.3) is 6.08 Å². The fourth-order valence-corrected chi connectivity index (χ4v) is 2.54. The molecule has 1 amide bonds. The maximum Gasteiger partial charge on any atom is 0.387 e. The van der Waals surface area contributed by atoms with E-state index < -0.39 is 12.7 Å². The lowest BCUT2D eigenvalue weighted by Gasteiger charge is -2.16. The molecular weight excluding hydrogens is 352 g/mol. The van der Waals surface area contributed by atoms with Gasteiger partial charge in [0.1, 0.15) is 17.6 Å². The summed E-state index contributed by atoms with van der Waals surface area (Å²) in [6.45, 7) is -2.87. The molecule has 1 N–H and O–H groups in total. The van der Waals surface area contributed by atoms with Gasteiger partial charge in [0.05, 0.1) is 6.26 Å². The van der Waals surface area contributed by atoms with Crippen molar-refractivity contribution in [1.82, 2.24) is 5.32 Å². The molecule has 27 heavy (non-hydrogen) atoms. The quantitative estimate of drug-likeness (QED) is 0.609. The fraction of sp³-hybridized carbons (Fsp3) is 0.0952. The molecule has 0 saturated heterocycles. The Kier molecular flexibility index (Phi) is 5.99. The highest BCUT2D eigenvalue weighted by Crippen LogP contribution is 2.22. The zero-order valence-corrected chi connectivity index (χ0v) is 14.2. The maximum atomic E-state index is 12.3. The number of ether oxygens (including phenoxy) is 1. The zero-order valence-electron chi connectivity index (χ0n) is 14.2. The van der Waals surface area contributed by atoms with Gasteiger partial charge >= 0.3 is 6.61 Å². The van der Waals surface area contributed by atoms with E-state index in [2.05, 4.69) is 10.1 Å². The van der Waals surface area contributed by atoms with Crippen molar-refractivity contribution in [1.29, 1.82) is 0 Å². The minimum atomic E-state index is -2.87. The van der Waals surface area contributed by atoms with Crippen LogP contribution >= 0.6 is 0 Å². The van der Waals surface area contributed by atoms with E-state index in [-0.39, 0.29) is 11.7 Å². The summed E-state index contributed by atoms with van der Waals surface area (Å²) in [4.78, 5) is 12.3. The van der Waals surface area contributed by atoms with Crippen LogP contribution < -0.4 is 10.1 Å². The molecule has 0 saturated carbocycles. The van der Waals surface area contributed by atoms with Crippen molar-refractivity contribution in [2.24, 2.45) is 0 Å². The Morgan fingerprint density at radius 2 is 1.74 bits per heavy atom. The predicted molar refractivity (Wildman–Crippen MR) is 97.2 cm³/mol. The zero-order chi connectivity index (χ0) is 19.1. The lowest BCUT2D eigenvalue weighted by Crippen LogP contribution is -2.27. The van der Waals surface area contributed by atoms with Crippen LogP contribution in [0.5, 0.6) is 5.75 Å². The molecule has 0 fully saturated rings. The topological polar surface area (TPSA) is 51.5 Å². The lowest BCUT2D eigenvalue weighted by atomic mass is 10.0. The van der Waals surface area contributed by atoms with Gasteiger partial charge in [-0.15, -0.1) is 0 Å². The first kappa shape index (κ1) is 18.4. The van der Waals surface area contributed by atoms with Gasteiger partial charge in [-0.05, 0) is 41.5 Å². The van der Waals surface area contributed by atoms with Gasteiger partial charge in [-0.2, -0.15) is 8.78 Å². The average molecular weight is 369 g/mol. The molecule has 1 atom stereocenters. The number of rotatable bonds is 7. The third kappa shape index (κ3) is 5.28. The molecule has 0 unspecified atom stereocenters. The van der Waals surface area contributed by atoms with Gasteiger partial charge in [-0.1, -0.05) is 42.5 Å². The molecule has 1 aromatic heterocycles. The number of carbonyl (C=O) groups excluding carboxylic acids is 1. The van der Waals surface area contributed by atoms with Crippen molar-refractivity contribution in [3.63, 3.8) is 0 Å². The highest BCUT2D eigenvalue weighted by molar-refractivity contribution is 5.92. The second-order valence-corrected chi connectivity index (χ2v) is 5.65. The largest absolute Gasteiger partial charge is 0.467 e. The molecule has 3 aromatic rings. The summed E-state index contributed by atoms with van der Waals surface area (Å²) in [5.74, 6) is 0.373. The smallest absolute Gasteiger partial charge is 0.387 e. The number of nitrogens with one attached hydrogen (secondary N) is 1. The molecule has 0 aliphatic rings. The van der Waals surface area contributed by atoms with Crippen molar-refractivity contribution in [2.75, 3.05) is 0 Å². The van der Waals surface area contributed by atoms with Crippen LogP contribution in [0, 0.1) is 0 Å². The number of benzene rings is 2. The summed E-state index contributed by atoms with van der Waals surface area (Å²) in [5.41, 5.74) is 1.57. The predicted octanol–water partition coefficient (Wildman–Crippen LogP) is 4.80. The van der Waals surface area contributed by atoms with Crippen molar-refractivity contribution >= 4 is 12.0 Å². The molecule has 0 radical (unpaired) electrons. The monoisotopic (exact) mass is 369 g/mol. The number of halogens is 2. The third-order valence-corrected chi connectivity index (χ3v) is 3.78. The van der Waals surface area contributed by atoms with Crippen molar-refractivity contribution in [3.8, 4) is 5.75 Å². The Balaban J connectivity index is 1.68. The molecule has 0 aliphatic carbocycles. The minimum absolute atomic E-state index is 0.0635. The van der Waals surface area contributed by atoms with Crippen molar-refractivity contribution < 1.29 is 22.7 Å². The molecule has 0 aliphatic heterocycles. The number of furan rings is 1. The highest BCUT2D eigenvalue weighted by Gasteiger charge is 2.18. The SMILES string of the molecule is O=C(/C=C/c1ccc(OC(F)F)cc1)N[C@H](c1ccccc1)c1ccco1. The Hall–Kier alpha value is -3.41. The first-order valence-corrected chi connectivity index (χ1v) is 8.23. The van der Waals surface area contributed by atoms with Crippen LogP contribution in [0.4, 0.5) is 8.78 Å². The second-order valence-electron chi connectivity index (χ2n) is 5.65. The number of carbonyl (C=O) groups is 1. The van der Waals surface area contributed by atoms with Crippen LogP contribution in [-0.2, 0) is 4.79 Å². The van der Waals surface area contributed by atoms with E-state index in [0.29, 0.717) is 11.3 Å². The van der Waals surface area contributed by atoms with E-state index in [9.17, 15) is 13.6 Å². The second kappa shape index (κ2) is 8.80. The molecule has 3 rings (SSSR count). The van der Waals surface area contributed by atoms with Crippen LogP contribution in [-0.4, -0.2) is 12.5 Å². The van der Waals surface area contributed by atoms with Gasteiger partial charge in [0.15, 0.2) is 0 Å². The summed E-state index contributed by atoms with van der Waals surface area (Å²) in [5, 5.41) is 2.90. The van der Waals surface area contributed by atoms with Crippen LogP contribution in [0.1, 0.15) is 22.9 Å². The van der Waals surface area contributed by atoms with Gasteiger partial charge in [0.25, 0.3) is 0 Å². The Labute approximate surface area is 155 Å². The van der Waals surface area contributed by atoms with E-state index >= 15 is 0 Å². The normalized spacial score (nSPS) is 12.3. The summed E-state index contributed by atoms with van der Waals surface area (Å²) < 4.78 is 34.0. The lowest BCUT2D eigenvalue weighted by molar-refractivity contribution is -0.117. The third-order valence-electron chi connectivity index (χ3n) is 3.78. The Morgan fingerprint density at radius 3 is 2.37 bits per heavy atom. The van der Waals surface area contributed by atoms with E-state index in [1.165, 1.54) is 18.2 Å². The Morgan fingerprint density at radius 1 is 1.00 bits per heavy atom. The van der Waals surface area contributed by atoms with Gasteiger partial charge in [-0.3, -0.25) is 4.79 Å². The maximum absolute atomic E-state index is 12.3. The molecule has 2 aromatic carbocycles. The first-order chi connectivity index (χ1) is 13.1. The number of hydrogen-bond donors (Lipinski definition) is 1.